The fourth-order valence-electron chi connectivity index (χ4n) is 1.52. The molecule has 0 heterocycles. The van der Waals surface area contributed by atoms with E-state index in [-0.39, 0.29) is 5.82 Å². The third-order valence-electron chi connectivity index (χ3n) is 2.43. The number of hydrogen-bond acceptors (Lipinski definition) is 1. The molecular weight excluding hydrogens is 429 g/mol. The Hall–Kier alpha value is -0.390. The third kappa shape index (κ3) is 3.33. The van der Waals surface area contributed by atoms with Crippen molar-refractivity contribution in [1.82, 2.24) is 0 Å². The predicted octanol–water partition coefficient (Wildman–Crippen LogP) is 5.73. The molecule has 0 fully saturated rings. The number of anilines is 1. The predicted molar refractivity (Wildman–Crippen MR) is 83.3 cm³/mol. The number of nitrogens with one attached hydrogen (secondary N) is 1. The minimum absolute atomic E-state index is 0.222. The summed E-state index contributed by atoms with van der Waals surface area (Å²) in [6, 6.07) is 10.9. The molecule has 94 valence electrons. The van der Waals surface area contributed by atoms with Crippen molar-refractivity contribution in [3.05, 3.63) is 61.2 Å². The normalized spacial score (nSPS) is 10.4. The van der Waals surface area contributed by atoms with Crippen molar-refractivity contribution in [2.45, 2.75) is 6.54 Å². The van der Waals surface area contributed by atoms with Crippen LogP contribution in [0.2, 0.25) is 0 Å². The third-order valence-corrected chi connectivity index (χ3v) is 4.25. The summed E-state index contributed by atoms with van der Waals surface area (Å²) in [4.78, 5) is 0. The van der Waals surface area contributed by atoms with Gasteiger partial charge in [0.1, 0.15) is 5.82 Å². The van der Waals surface area contributed by atoms with E-state index in [1.165, 1.54) is 6.07 Å². The summed E-state index contributed by atoms with van der Waals surface area (Å²) in [7, 11) is 0. The second-order valence-corrected chi connectivity index (χ2v) is 6.31. The lowest BCUT2D eigenvalue weighted by atomic mass is 10.2. The van der Waals surface area contributed by atoms with Crippen LogP contribution in [0.15, 0.2) is 49.8 Å². The Labute approximate surface area is 130 Å². The molecule has 0 aromatic heterocycles. The minimum Gasteiger partial charge on any atom is -0.379 e. The molecule has 2 rings (SSSR count). The first-order valence-electron chi connectivity index (χ1n) is 5.20. The fourth-order valence-corrected chi connectivity index (χ4v) is 3.13. The van der Waals surface area contributed by atoms with Crippen LogP contribution in [-0.2, 0) is 6.54 Å². The van der Waals surface area contributed by atoms with Crippen LogP contribution in [0.3, 0.4) is 0 Å². The summed E-state index contributed by atoms with van der Waals surface area (Å²) in [5.41, 5.74) is 1.54. The Morgan fingerprint density at radius 3 is 2.28 bits per heavy atom. The molecule has 0 saturated carbocycles. The molecule has 2 aromatic carbocycles. The zero-order valence-corrected chi connectivity index (χ0v) is 13.9. The highest BCUT2D eigenvalue weighted by molar-refractivity contribution is 9.11. The van der Waals surface area contributed by atoms with Crippen LogP contribution in [-0.4, -0.2) is 0 Å². The summed E-state index contributed by atoms with van der Waals surface area (Å²) in [6.45, 7) is 0.431. The maximum atomic E-state index is 13.7. The molecule has 0 atom stereocenters. The van der Waals surface area contributed by atoms with Crippen LogP contribution in [0.1, 0.15) is 5.56 Å². The van der Waals surface area contributed by atoms with Crippen molar-refractivity contribution in [2.24, 2.45) is 0 Å². The lowest BCUT2D eigenvalue weighted by Gasteiger charge is -2.11. The standard InChI is InChI=1S/C13H9Br3FN/c14-9-5-4-8(12(17)6-9)7-18-13-10(15)2-1-3-11(13)16/h1-6,18H,7H2. The van der Waals surface area contributed by atoms with Gasteiger partial charge >= 0.3 is 0 Å². The van der Waals surface area contributed by atoms with Gasteiger partial charge in [-0.2, -0.15) is 0 Å². The summed E-state index contributed by atoms with van der Waals surface area (Å²) >= 11 is 10.2. The lowest BCUT2D eigenvalue weighted by molar-refractivity contribution is 0.612. The van der Waals surface area contributed by atoms with Crippen molar-refractivity contribution in [3.8, 4) is 0 Å². The molecule has 0 aliphatic heterocycles. The SMILES string of the molecule is Fc1cc(Br)ccc1CNc1c(Br)cccc1Br. The maximum Gasteiger partial charge on any atom is 0.129 e. The highest BCUT2D eigenvalue weighted by Crippen LogP contribution is 2.31. The van der Waals surface area contributed by atoms with E-state index >= 15 is 0 Å². The molecule has 0 radical (unpaired) electrons. The zero-order valence-electron chi connectivity index (χ0n) is 9.18. The van der Waals surface area contributed by atoms with Crippen LogP contribution in [0.5, 0.6) is 0 Å². The summed E-state index contributed by atoms with van der Waals surface area (Å²) < 4.78 is 16.3. The second-order valence-electron chi connectivity index (χ2n) is 3.69. The molecule has 2 aromatic rings. The van der Waals surface area contributed by atoms with Crippen molar-refractivity contribution < 1.29 is 4.39 Å². The Morgan fingerprint density at radius 2 is 1.67 bits per heavy atom. The topological polar surface area (TPSA) is 12.0 Å². The first kappa shape index (κ1) is 14.0. The van der Waals surface area contributed by atoms with Crippen LogP contribution < -0.4 is 5.32 Å². The van der Waals surface area contributed by atoms with Gasteiger partial charge in [-0.3, -0.25) is 0 Å². The number of hydrogen-bond donors (Lipinski definition) is 1. The highest BCUT2D eigenvalue weighted by atomic mass is 79.9. The quantitative estimate of drug-likeness (QED) is 0.647. The molecule has 0 bridgehead atoms. The van der Waals surface area contributed by atoms with E-state index in [0.717, 1.165) is 19.1 Å². The molecule has 5 heteroatoms. The van der Waals surface area contributed by atoms with Gasteiger partial charge in [-0.15, -0.1) is 0 Å². The Morgan fingerprint density at radius 1 is 1.00 bits per heavy atom. The van der Waals surface area contributed by atoms with E-state index in [2.05, 4.69) is 53.1 Å². The van der Waals surface area contributed by atoms with Gasteiger partial charge in [0.2, 0.25) is 0 Å². The first-order valence-corrected chi connectivity index (χ1v) is 7.57. The average molecular weight is 438 g/mol. The largest absolute Gasteiger partial charge is 0.379 e. The van der Waals surface area contributed by atoms with Crippen LogP contribution in [0, 0.1) is 5.82 Å². The van der Waals surface area contributed by atoms with Crippen LogP contribution in [0.4, 0.5) is 10.1 Å². The Balaban J connectivity index is 2.16. The first-order chi connectivity index (χ1) is 8.58. The molecule has 0 amide bonds. The lowest BCUT2D eigenvalue weighted by Crippen LogP contribution is -2.03. The number of halogens is 4. The number of benzene rings is 2. The Bertz CT molecular complexity index is 552. The summed E-state index contributed by atoms with van der Waals surface area (Å²) in [5.74, 6) is -0.222. The van der Waals surface area contributed by atoms with E-state index < -0.39 is 0 Å². The molecule has 0 unspecified atom stereocenters. The molecule has 0 spiro atoms. The molecule has 0 aliphatic carbocycles. The summed E-state index contributed by atoms with van der Waals surface area (Å²) in [5, 5.41) is 3.21. The van der Waals surface area contributed by atoms with Gasteiger partial charge in [-0.25, -0.2) is 4.39 Å². The van der Waals surface area contributed by atoms with Gasteiger partial charge in [0.05, 0.1) is 5.69 Å². The number of para-hydroxylation sites is 1. The monoisotopic (exact) mass is 435 g/mol. The van der Waals surface area contributed by atoms with Gasteiger partial charge in [0, 0.05) is 25.5 Å². The average Bonchev–Trinajstić information content (AvgIpc) is 2.31. The zero-order chi connectivity index (χ0) is 13.1. The van der Waals surface area contributed by atoms with Crippen molar-refractivity contribution in [2.75, 3.05) is 5.32 Å². The van der Waals surface area contributed by atoms with E-state index in [1.54, 1.807) is 6.07 Å². The van der Waals surface area contributed by atoms with Gasteiger partial charge in [0.25, 0.3) is 0 Å². The molecule has 1 nitrogen and oxygen atoms in total. The molecule has 0 aliphatic rings. The van der Waals surface area contributed by atoms with Crippen molar-refractivity contribution in [1.29, 1.82) is 0 Å². The van der Waals surface area contributed by atoms with E-state index in [4.69, 9.17) is 0 Å². The molecule has 18 heavy (non-hydrogen) atoms. The molecular formula is C13H9Br3FN. The van der Waals surface area contributed by atoms with Crippen molar-refractivity contribution >= 4 is 53.5 Å². The fraction of sp³-hybridized carbons (Fsp3) is 0.0769. The molecule has 1 N–H and O–H groups in total. The van der Waals surface area contributed by atoms with Crippen molar-refractivity contribution in [3.63, 3.8) is 0 Å². The maximum absolute atomic E-state index is 13.7. The van der Waals surface area contributed by atoms with Crippen LogP contribution >= 0.6 is 47.8 Å². The smallest absolute Gasteiger partial charge is 0.129 e. The highest BCUT2D eigenvalue weighted by Gasteiger charge is 2.06. The van der Waals surface area contributed by atoms with Crippen LogP contribution in [0.25, 0.3) is 0 Å². The summed E-state index contributed by atoms with van der Waals surface area (Å²) in [6.07, 6.45) is 0. The second kappa shape index (κ2) is 6.17. The Kier molecular flexibility index (Phi) is 4.81. The van der Waals surface area contributed by atoms with Gasteiger partial charge < -0.3 is 5.32 Å². The van der Waals surface area contributed by atoms with E-state index in [1.807, 2.05) is 24.3 Å². The minimum atomic E-state index is -0.222. The van der Waals surface area contributed by atoms with E-state index in [9.17, 15) is 4.39 Å². The van der Waals surface area contributed by atoms with Gasteiger partial charge in [-0.1, -0.05) is 28.1 Å². The molecule has 0 saturated heterocycles. The van der Waals surface area contributed by atoms with Gasteiger partial charge in [0.15, 0.2) is 0 Å². The van der Waals surface area contributed by atoms with E-state index in [0.29, 0.717) is 12.1 Å². The number of rotatable bonds is 3. The van der Waals surface area contributed by atoms with Gasteiger partial charge in [-0.05, 0) is 56.1 Å².